The van der Waals surface area contributed by atoms with Crippen LogP contribution in [0.2, 0.25) is 0 Å². The third-order valence-corrected chi connectivity index (χ3v) is 4.10. The Morgan fingerprint density at radius 3 is 2.68 bits per heavy atom. The van der Waals surface area contributed by atoms with Crippen molar-refractivity contribution < 1.29 is 9.47 Å². The number of aryl methyl sites for hydroxylation is 1. The quantitative estimate of drug-likeness (QED) is 0.566. The van der Waals surface area contributed by atoms with Gasteiger partial charge in [-0.05, 0) is 25.1 Å². The number of methoxy groups -OCH3 is 2. The van der Waals surface area contributed by atoms with E-state index in [1.807, 2.05) is 13.0 Å². The first kappa shape index (κ1) is 15.1. The minimum absolute atomic E-state index is 0.216. The molecular formula is C17H15N5O3. The molecule has 3 heterocycles. The Morgan fingerprint density at radius 2 is 1.92 bits per heavy atom. The topological polar surface area (TPSA) is 83.5 Å². The molecule has 4 rings (SSSR count). The summed E-state index contributed by atoms with van der Waals surface area (Å²) in [5.41, 5.74) is 1.77. The van der Waals surface area contributed by atoms with Gasteiger partial charge in [0.2, 0.25) is 0 Å². The highest BCUT2D eigenvalue weighted by molar-refractivity contribution is 5.80. The van der Waals surface area contributed by atoms with Gasteiger partial charge in [-0.25, -0.2) is 4.98 Å². The van der Waals surface area contributed by atoms with Crippen molar-refractivity contribution in [2.75, 3.05) is 14.2 Å². The first-order valence-electron chi connectivity index (χ1n) is 7.57. The maximum atomic E-state index is 13.1. The van der Waals surface area contributed by atoms with Crippen LogP contribution in [0.5, 0.6) is 11.5 Å². The molecule has 0 N–H and O–H groups in total. The molecule has 8 nitrogen and oxygen atoms in total. The number of nitrogens with zero attached hydrogens (tertiary/aromatic N) is 5. The number of rotatable bonds is 3. The third kappa shape index (κ3) is 2.22. The third-order valence-electron chi connectivity index (χ3n) is 4.10. The molecule has 0 bridgehead atoms. The normalized spacial score (nSPS) is 11.2. The Kier molecular flexibility index (Phi) is 3.38. The molecule has 0 saturated heterocycles. The van der Waals surface area contributed by atoms with Crippen LogP contribution in [-0.2, 0) is 0 Å². The molecule has 0 aliphatic carbocycles. The number of hydrogen-bond donors (Lipinski definition) is 0. The van der Waals surface area contributed by atoms with Gasteiger partial charge in [0, 0.05) is 18.0 Å². The number of benzene rings is 1. The number of fused-ring (bicyclic) bond motifs is 3. The van der Waals surface area contributed by atoms with Crippen LogP contribution in [0.1, 0.15) is 5.69 Å². The van der Waals surface area contributed by atoms with Gasteiger partial charge in [0.1, 0.15) is 17.8 Å². The van der Waals surface area contributed by atoms with Crippen LogP contribution < -0.4 is 15.0 Å². The van der Waals surface area contributed by atoms with Gasteiger partial charge in [0.05, 0.1) is 30.8 Å². The fourth-order valence-corrected chi connectivity index (χ4v) is 2.91. The Hall–Kier alpha value is -3.42. The highest BCUT2D eigenvalue weighted by Gasteiger charge is 2.16. The Morgan fingerprint density at radius 1 is 1.08 bits per heavy atom. The second-order valence-corrected chi connectivity index (χ2v) is 5.49. The van der Waals surface area contributed by atoms with Crippen LogP contribution in [0, 0.1) is 6.92 Å². The van der Waals surface area contributed by atoms with Crippen molar-refractivity contribution >= 4 is 16.7 Å². The Balaban J connectivity index is 2.10. The molecule has 0 spiro atoms. The largest absolute Gasteiger partial charge is 0.497 e. The molecule has 0 amide bonds. The summed E-state index contributed by atoms with van der Waals surface area (Å²) in [4.78, 5) is 21.4. The van der Waals surface area contributed by atoms with Gasteiger partial charge in [-0.15, -0.1) is 0 Å². The van der Waals surface area contributed by atoms with Gasteiger partial charge < -0.3 is 9.47 Å². The van der Waals surface area contributed by atoms with E-state index >= 15 is 0 Å². The highest BCUT2D eigenvalue weighted by Crippen LogP contribution is 2.28. The fraction of sp³-hybridized carbons (Fsp3) is 0.176. The Labute approximate surface area is 142 Å². The van der Waals surface area contributed by atoms with Crippen molar-refractivity contribution in [1.29, 1.82) is 0 Å². The van der Waals surface area contributed by atoms with E-state index in [2.05, 4.69) is 15.1 Å². The zero-order valence-corrected chi connectivity index (χ0v) is 13.9. The van der Waals surface area contributed by atoms with Crippen molar-refractivity contribution in [3.8, 4) is 17.2 Å². The van der Waals surface area contributed by atoms with Crippen LogP contribution in [0.25, 0.3) is 22.4 Å². The van der Waals surface area contributed by atoms with E-state index in [0.717, 1.165) is 5.69 Å². The predicted octanol–water partition coefficient (Wildman–Crippen LogP) is 1.75. The predicted molar refractivity (Wildman–Crippen MR) is 91.7 cm³/mol. The van der Waals surface area contributed by atoms with Gasteiger partial charge in [-0.2, -0.15) is 14.6 Å². The molecule has 0 aliphatic heterocycles. The molecule has 126 valence electrons. The lowest BCUT2D eigenvalue weighted by Gasteiger charge is -2.16. The highest BCUT2D eigenvalue weighted by atomic mass is 16.5. The maximum Gasteiger partial charge on any atom is 0.266 e. The van der Waals surface area contributed by atoms with Crippen molar-refractivity contribution in [2.45, 2.75) is 6.92 Å². The van der Waals surface area contributed by atoms with E-state index in [1.165, 1.54) is 12.5 Å². The van der Waals surface area contributed by atoms with Gasteiger partial charge in [-0.3, -0.25) is 9.36 Å². The molecule has 0 saturated carbocycles. The summed E-state index contributed by atoms with van der Waals surface area (Å²) in [5, 5.41) is 4.58. The number of aromatic nitrogens is 5. The first-order chi connectivity index (χ1) is 12.1. The van der Waals surface area contributed by atoms with Crippen molar-refractivity contribution in [2.24, 2.45) is 0 Å². The van der Waals surface area contributed by atoms with Crippen molar-refractivity contribution in [3.05, 3.63) is 52.8 Å². The molecule has 25 heavy (non-hydrogen) atoms. The van der Waals surface area contributed by atoms with E-state index in [9.17, 15) is 4.79 Å². The zero-order valence-electron chi connectivity index (χ0n) is 13.9. The van der Waals surface area contributed by atoms with Gasteiger partial charge in [-0.1, -0.05) is 0 Å². The van der Waals surface area contributed by atoms with Gasteiger partial charge in [0.15, 0.2) is 0 Å². The van der Waals surface area contributed by atoms with Crippen LogP contribution in [-0.4, -0.2) is 38.4 Å². The van der Waals surface area contributed by atoms with E-state index in [1.54, 1.807) is 41.5 Å². The van der Waals surface area contributed by atoms with E-state index in [0.29, 0.717) is 33.9 Å². The minimum Gasteiger partial charge on any atom is -0.497 e. The zero-order chi connectivity index (χ0) is 17.6. The minimum atomic E-state index is -0.216. The lowest BCUT2D eigenvalue weighted by Crippen LogP contribution is -2.22. The van der Waals surface area contributed by atoms with Crippen LogP contribution in [0.4, 0.5) is 0 Å². The standard InChI is InChI=1S/C17H15N5O3/c1-10-6-13-12(8-18-17-19-9-20-22(13)17)16(23)21(10)14-7-11(24-2)4-5-15(14)25-3/h4-9H,1-3H3. The van der Waals surface area contributed by atoms with E-state index < -0.39 is 0 Å². The lowest BCUT2D eigenvalue weighted by molar-refractivity contribution is 0.401. The molecule has 0 atom stereocenters. The van der Waals surface area contributed by atoms with Crippen LogP contribution >= 0.6 is 0 Å². The number of hydrogen-bond acceptors (Lipinski definition) is 6. The molecule has 0 fully saturated rings. The molecular weight excluding hydrogens is 322 g/mol. The summed E-state index contributed by atoms with van der Waals surface area (Å²) in [7, 11) is 3.14. The van der Waals surface area contributed by atoms with Gasteiger partial charge in [0.25, 0.3) is 11.3 Å². The first-order valence-corrected chi connectivity index (χ1v) is 7.57. The summed E-state index contributed by atoms with van der Waals surface area (Å²) in [5.74, 6) is 1.65. The molecule has 4 aromatic rings. The van der Waals surface area contributed by atoms with E-state index in [4.69, 9.17) is 9.47 Å². The number of ether oxygens (including phenoxy) is 2. The molecule has 0 radical (unpaired) electrons. The molecule has 0 unspecified atom stereocenters. The Bertz CT molecular complexity index is 1160. The smallest absolute Gasteiger partial charge is 0.266 e. The summed E-state index contributed by atoms with van der Waals surface area (Å²) in [6.07, 6.45) is 2.93. The van der Waals surface area contributed by atoms with Crippen molar-refractivity contribution in [1.82, 2.24) is 24.1 Å². The average Bonchev–Trinajstić information content (AvgIpc) is 3.10. The molecule has 1 aromatic carbocycles. The summed E-state index contributed by atoms with van der Waals surface area (Å²) < 4.78 is 13.8. The molecule has 8 heteroatoms. The summed E-state index contributed by atoms with van der Waals surface area (Å²) in [6.45, 7) is 1.85. The van der Waals surface area contributed by atoms with Gasteiger partial charge >= 0.3 is 0 Å². The second-order valence-electron chi connectivity index (χ2n) is 5.49. The van der Waals surface area contributed by atoms with Crippen LogP contribution in [0.3, 0.4) is 0 Å². The molecule has 0 aliphatic rings. The monoisotopic (exact) mass is 337 g/mol. The van der Waals surface area contributed by atoms with Crippen LogP contribution in [0.15, 0.2) is 41.6 Å². The van der Waals surface area contributed by atoms with E-state index in [-0.39, 0.29) is 5.56 Å². The summed E-state index contributed by atoms with van der Waals surface area (Å²) >= 11 is 0. The maximum absolute atomic E-state index is 13.1. The summed E-state index contributed by atoms with van der Waals surface area (Å²) in [6, 6.07) is 7.19. The SMILES string of the molecule is COc1ccc(OC)c(-n2c(C)cc3c(cnc4ncnn43)c2=O)c1. The fourth-order valence-electron chi connectivity index (χ4n) is 2.91. The lowest BCUT2D eigenvalue weighted by atomic mass is 10.2. The second kappa shape index (κ2) is 5.59. The average molecular weight is 337 g/mol. The number of pyridine rings is 1. The van der Waals surface area contributed by atoms with Crippen molar-refractivity contribution in [3.63, 3.8) is 0 Å². The molecule has 3 aromatic heterocycles.